The minimum Gasteiger partial charge on any atom is -0.493 e. The molecule has 0 saturated heterocycles. The van der Waals surface area contributed by atoms with Crippen molar-refractivity contribution >= 4 is 0 Å². The summed E-state index contributed by atoms with van der Waals surface area (Å²) in [6.45, 7) is 8.68. The molecule has 0 amide bonds. The van der Waals surface area contributed by atoms with Gasteiger partial charge in [0.2, 0.25) is 0 Å². The van der Waals surface area contributed by atoms with Crippen LogP contribution in [0.3, 0.4) is 0 Å². The molecule has 2 heteroatoms. The Balaban J connectivity index is 2.17. The SMILES string of the molecule is CCCNC(c1ccc2c(c1)CCO2)C(C)C. The Kier molecular flexibility index (Phi) is 4.06. The highest BCUT2D eigenvalue weighted by Crippen LogP contribution is 2.30. The standard InChI is InChI=1S/C15H23NO/c1-4-8-16-15(11(2)3)13-5-6-14-12(10-13)7-9-17-14/h5-6,10-11,15-16H,4,7-9H2,1-3H3. The second-order valence-corrected chi connectivity index (χ2v) is 5.14. The molecule has 0 aromatic heterocycles. The summed E-state index contributed by atoms with van der Waals surface area (Å²) in [5.74, 6) is 1.69. The molecule has 0 saturated carbocycles. The monoisotopic (exact) mass is 233 g/mol. The number of rotatable bonds is 5. The van der Waals surface area contributed by atoms with E-state index in [2.05, 4.69) is 44.3 Å². The van der Waals surface area contributed by atoms with E-state index >= 15 is 0 Å². The fourth-order valence-electron chi connectivity index (χ4n) is 2.44. The molecular weight excluding hydrogens is 210 g/mol. The third kappa shape index (κ3) is 2.81. The Morgan fingerprint density at radius 3 is 2.88 bits per heavy atom. The predicted octanol–water partition coefficient (Wildman–Crippen LogP) is 3.32. The molecule has 94 valence electrons. The van der Waals surface area contributed by atoms with E-state index in [1.54, 1.807) is 0 Å². The van der Waals surface area contributed by atoms with E-state index < -0.39 is 0 Å². The lowest BCUT2D eigenvalue weighted by atomic mass is 9.94. The van der Waals surface area contributed by atoms with Gasteiger partial charge in [0.1, 0.15) is 5.75 Å². The number of ether oxygens (including phenoxy) is 1. The van der Waals surface area contributed by atoms with Crippen LogP contribution in [0.4, 0.5) is 0 Å². The van der Waals surface area contributed by atoms with E-state index in [0.29, 0.717) is 12.0 Å². The minimum atomic E-state index is 0.459. The van der Waals surface area contributed by atoms with E-state index in [1.807, 2.05) is 0 Å². The Morgan fingerprint density at radius 2 is 2.18 bits per heavy atom. The molecule has 1 aliphatic rings. The second-order valence-electron chi connectivity index (χ2n) is 5.14. The molecule has 1 aromatic rings. The Bertz CT molecular complexity index is 373. The molecule has 0 fully saturated rings. The molecule has 17 heavy (non-hydrogen) atoms. The second kappa shape index (κ2) is 5.54. The molecule has 1 aliphatic heterocycles. The first kappa shape index (κ1) is 12.4. The van der Waals surface area contributed by atoms with Gasteiger partial charge in [0.15, 0.2) is 0 Å². The average Bonchev–Trinajstić information content (AvgIpc) is 2.76. The quantitative estimate of drug-likeness (QED) is 0.842. The minimum absolute atomic E-state index is 0.459. The Labute approximate surface area is 104 Å². The molecule has 1 heterocycles. The van der Waals surface area contributed by atoms with E-state index in [0.717, 1.165) is 25.3 Å². The van der Waals surface area contributed by atoms with Crippen molar-refractivity contribution in [3.8, 4) is 5.75 Å². The van der Waals surface area contributed by atoms with Gasteiger partial charge in [-0.2, -0.15) is 0 Å². The molecule has 0 spiro atoms. The maximum atomic E-state index is 5.55. The first-order valence-electron chi connectivity index (χ1n) is 6.71. The van der Waals surface area contributed by atoms with Gasteiger partial charge >= 0.3 is 0 Å². The highest BCUT2D eigenvalue weighted by molar-refractivity contribution is 5.40. The van der Waals surface area contributed by atoms with Crippen LogP contribution < -0.4 is 10.1 Å². The lowest BCUT2D eigenvalue weighted by Gasteiger charge is -2.23. The van der Waals surface area contributed by atoms with Crippen LogP contribution in [0.25, 0.3) is 0 Å². The molecule has 0 radical (unpaired) electrons. The summed E-state index contributed by atoms with van der Waals surface area (Å²) in [6.07, 6.45) is 2.24. The first-order chi connectivity index (χ1) is 8.22. The van der Waals surface area contributed by atoms with Crippen LogP contribution in [0.5, 0.6) is 5.75 Å². The van der Waals surface area contributed by atoms with Gasteiger partial charge in [0.25, 0.3) is 0 Å². The Hall–Kier alpha value is -1.02. The van der Waals surface area contributed by atoms with Crippen molar-refractivity contribution < 1.29 is 4.74 Å². The first-order valence-corrected chi connectivity index (χ1v) is 6.71. The van der Waals surface area contributed by atoms with E-state index in [-0.39, 0.29) is 0 Å². The number of fused-ring (bicyclic) bond motifs is 1. The number of hydrogen-bond acceptors (Lipinski definition) is 2. The molecule has 0 bridgehead atoms. The fraction of sp³-hybridized carbons (Fsp3) is 0.600. The summed E-state index contributed by atoms with van der Waals surface area (Å²) in [6, 6.07) is 7.11. The molecule has 2 rings (SSSR count). The van der Waals surface area contributed by atoms with Crippen molar-refractivity contribution in [1.82, 2.24) is 5.32 Å². The van der Waals surface area contributed by atoms with Gasteiger partial charge in [-0.1, -0.05) is 32.9 Å². The van der Waals surface area contributed by atoms with Crippen LogP contribution >= 0.6 is 0 Å². The molecule has 1 unspecified atom stereocenters. The maximum absolute atomic E-state index is 5.55. The molecule has 1 aromatic carbocycles. The maximum Gasteiger partial charge on any atom is 0.122 e. The largest absolute Gasteiger partial charge is 0.493 e. The summed E-state index contributed by atoms with van der Waals surface area (Å²) < 4.78 is 5.55. The van der Waals surface area contributed by atoms with Gasteiger partial charge in [-0.3, -0.25) is 0 Å². The van der Waals surface area contributed by atoms with Crippen LogP contribution in [-0.4, -0.2) is 13.2 Å². The number of hydrogen-bond donors (Lipinski definition) is 1. The summed E-state index contributed by atoms with van der Waals surface area (Å²) in [7, 11) is 0. The van der Waals surface area contributed by atoms with Crippen molar-refractivity contribution in [1.29, 1.82) is 0 Å². The van der Waals surface area contributed by atoms with Gasteiger partial charge in [-0.25, -0.2) is 0 Å². The van der Waals surface area contributed by atoms with Gasteiger partial charge < -0.3 is 10.1 Å². The third-order valence-electron chi connectivity index (χ3n) is 3.35. The number of benzene rings is 1. The zero-order valence-corrected chi connectivity index (χ0v) is 11.1. The zero-order chi connectivity index (χ0) is 12.3. The molecule has 1 atom stereocenters. The van der Waals surface area contributed by atoms with Crippen molar-refractivity contribution in [3.05, 3.63) is 29.3 Å². The van der Waals surface area contributed by atoms with Crippen LogP contribution in [0.1, 0.15) is 44.4 Å². The average molecular weight is 233 g/mol. The van der Waals surface area contributed by atoms with Gasteiger partial charge in [-0.05, 0) is 36.1 Å². The van der Waals surface area contributed by atoms with Gasteiger partial charge in [0, 0.05) is 12.5 Å². The number of nitrogens with one attached hydrogen (secondary N) is 1. The third-order valence-corrected chi connectivity index (χ3v) is 3.35. The van der Waals surface area contributed by atoms with Crippen molar-refractivity contribution in [2.45, 2.75) is 39.7 Å². The Morgan fingerprint density at radius 1 is 1.35 bits per heavy atom. The van der Waals surface area contributed by atoms with Crippen molar-refractivity contribution in [2.24, 2.45) is 5.92 Å². The topological polar surface area (TPSA) is 21.3 Å². The van der Waals surface area contributed by atoms with Gasteiger partial charge in [0.05, 0.1) is 6.61 Å². The van der Waals surface area contributed by atoms with E-state index in [4.69, 9.17) is 4.74 Å². The highest BCUT2D eigenvalue weighted by atomic mass is 16.5. The van der Waals surface area contributed by atoms with Crippen LogP contribution in [0.2, 0.25) is 0 Å². The summed E-state index contributed by atoms with van der Waals surface area (Å²) >= 11 is 0. The van der Waals surface area contributed by atoms with Crippen LogP contribution in [0.15, 0.2) is 18.2 Å². The lowest BCUT2D eigenvalue weighted by molar-refractivity contribution is 0.356. The normalized spacial score (nSPS) is 15.8. The van der Waals surface area contributed by atoms with E-state index in [1.165, 1.54) is 17.5 Å². The predicted molar refractivity (Wildman–Crippen MR) is 71.5 cm³/mol. The molecular formula is C15H23NO. The summed E-state index contributed by atoms with van der Waals surface area (Å²) in [4.78, 5) is 0. The summed E-state index contributed by atoms with van der Waals surface area (Å²) in [5, 5.41) is 3.64. The summed E-state index contributed by atoms with van der Waals surface area (Å²) in [5.41, 5.74) is 2.77. The van der Waals surface area contributed by atoms with Crippen LogP contribution in [-0.2, 0) is 6.42 Å². The zero-order valence-electron chi connectivity index (χ0n) is 11.1. The lowest BCUT2D eigenvalue weighted by Crippen LogP contribution is -2.26. The van der Waals surface area contributed by atoms with E-state index in [9.17, 15) is 0 Å². The van der Waals surface area contributed by atoms with Gasteiger partial charge in [-0.15, -0.1) is 0 Å². The van der Waals surface area contributed by atoms with Crippen molar-refractivity contribution in [3.63, 3.8) is 0 Å². The molecule has 0 aliphatic carbocycles. The van der Waals surface area contributed by atoms with Crippen molar-refractivity contribution in [2.75, 3.05) is 13.2 Å². The smallest absolute Gasteiger partial charge is 0.122 e. The van der Waals surface area contributed by atoms with Crippen LogP contribution in [0, 0.1) is 5.92 Å². The molecule has 1 N–H and O–H groups in total. The molecule has 2 nitrogen and oxygen atoms in total. The highest BCUT2D eigenvalue weighted by Gasteiger charge is 2.18. The fourth-order valence-corrected chi connectivity index (χ4v) is 2.44.